The number of aromatic nitrogens is 2. The Balaban J connectivity index is 1.43. The molecule has 1 saturated carbocycles. The number of nitrogens with zero attached hydrogens (tertiary/aromatic N) is 3. The summed E-state index contributed by atoms with van der Waals surface area (Å²) in [4.78, 5) is 18.9. The zero-order valence-corrected chi connectivity index (χ0v) is 23.4. The fraction of sp³-hybridized carbons (Fsp3) is 0.281. The number of hydrogen-bond acceptors (Lipinski definition) is 4. The van der Waals surface area contributed by atoms with Crippen LogP contribution in [0.25, 0.3) is 5.69 Å². The van der Waals surface area contributed by atoms with E-state index in [1.807, 2.05) is 60.9 Å². The number of benzene rings is 2. The molecule has 8 heteroatoms. The molecular weight excluding hydrogens is 520 g/mol. The summed E-state index contributed by atoms with van der Waals surface area (Å²) in [6.45, 7) is 4.04. The molecule has 0 radical (unpaired) electrons. The van der Waals surface area contributed by atoms with Gasteiger partial charge in [0.25, 0.3) is 0 Å². The van der Waals surface area contributed by atoms with Gasteiger partial charge < -0.3 is 24.6 Å². The van der Waals surface area contributed by atoms with Gasteiger partial charge in [0.1, 0.15) is 5.75 Å². The third-order valence-electron chi connectivity index (χ3n) is 7.98. The van der Waals surface area contributed by atoms with Crippen LogP contribution in [0.1, 0.15) is 70.8 Å². The standard InChI is InChI=1S/C32H32N4O3S/c1-20-19-26(21(2)35(20)28-13-6-5-11-25(28)31(37)38)30-29(27-12-7-8-18-33-27)34-32(40)36(30)22-14-16-24(17-15-22)39-23-9-3-4-10-23/h5-8,11-19,23,29-30H,3-4,9-10H2,1-2H3,(H,34,40)(H,37,38). The van der Waals surface area contributed by atoms with Gasteiger partial charge in [-0.1, -0.05) is 18.2 Å². The van der Waals surface area contributed by atoms with Crippen molar-refractivity contribution >= 4 is 29.0 Å². The van der Waals surface area contributed by atoms with Crippen LogP contribution in [0.5, 0.6) is 5.75 Å². The maximum absolute atomic E-state index is 12.1. The lowest BCUT2D eigenvalue weighted by Gasteiger charge is -2.28. The number of aryl methyl sites for hydroxylation is 1. The molecule has 204 valence electrons. The lowest BCUT2D eigenvalue weighted by molar-refractivity contribution is 0.0697. The maximum atomic E-state index is 12.1. The summed E-state index contributed by atoms with van der Waals surface area (Å²) in [6.07, 6.45) is 6.75. The van der Waals surface area contributed by atoms with Gasteiger partial charge in [-0.05, 0) is 112 Å². The molecule has 2 aromatic heterocycles. The SMILES string of the molecule is Cc1cc(C2C(c3ccccn3)NC(=S)N2c2ccc(OC3CCCC3)cc2)c(C)n1-c1ccccc1C(=O)O. The second kappa shape index (κ2) is 10.8. The van der Waals surface area contributed by atoms with Gasteiger partial charge in [0.2, 0.25) is 0 Å². The van der Waals surface area contributed by atoms with Crippen molar-refractivity contribution in [1.82, 2.24) is 14.9 Å². The summed E-state index contributed by atoms with van der Waals surface area (Å²) in [5.74, 6) is -0.0868. The summed E-state index contributed by atoms with van der Waals surface area (Å²) in [6, 6.07) is 22.9. The molecule has 0 bridgehead atoms. The zero-order valence-electron chi connectivity index (χ0n) is 22.6. The average molecular weight is 553 g/mol. The third-order valence-corrected chi connectivity index (χ3v) is 8.30. The van der Waals surface area contributed by atoms with Crippen molar-refractivity contribution in [3.05, 3.63) is 107 Å². The first-order chi connectivity index (χ1) is 19.4. The van der Waals surface area contributed by atoms with E-state index in [2.05, 4.69) is 33.4 Å². The highest BCUT2D eigenvalue weighted by Gasteiger charge is 2.42. The van der Waals surface area contributed by atoms with Crippen molar-refractivity contribution in [2.45, 2.75) is 57.7 Å². The highest BCUT2D eigenvalue weighted by Crippen LogP contribution is 2.44. The highest BCUT2D eigenvalue weighted by atomic mass is 32.1. The fourth-order valence-electron chi connectivity index (χ4n) is 6.14. The topological polar surface area (TPSA) is 79.6 Å². The van der Waals surface area contributed by atoms with Crippen molar-refractivity contribution in [3.8, 4) is 11.4 Å². The zero-order chi connectivity index (χ0) is 27.8. The number of anilines is 1. The van der Waals surface area contributed by atoms with Gasteiger partial charge in [0.05, 0.1) is 35.1 Å². The molecule has 7 nitrogen and oxygen atoms in total. The predicted molar refractivity (Wildman–Crippen MR) is 159 cm³/mol. The second-order valence-electron chi connectivity index (χ2n) is 10.5. The van der Waals surface area contributed by atoms with E-state index in [0.29, 0.717) is 16.9 Å². The number of aromatic carboxylic acids is 1. The molecule has 2 fully saturated rings. The molecule has 2 unspecified atom stereocenters. The molecule has 4 aromatic rings. The number of rotatable bonds is 7. The lowest BCUT2D eigenvalue weighted by Crippen LogP contribution is -2.29. The van der Waals surface area contributed by atoms with Crippen LogP contribution < -0.4 is 15.0 Å². The molecule has 1 aliphatic carbocycles. The van der Waals surface area contributed by atoms with Gasteiger partial charge in [-0.3, -0.25) is 4.98 Å². The van der Waals surface area contributed by atoms with E-state index in [4.69, 9.17) is 17.0 Å². The molecule has 1 aliphatic heterocycles. The number of para-hydroxylation sites is 1. The molecular formula is C32H32N4O3S. The molecule has 2 aromatic carbocycles. The number of hydrogen-bond donors (Lipinski definition) is 2. The third kappa shape index (κ3) is 4.73. The number of carbonyl (C=O) groups is 1. The fourth-order valence-corrected chi connectivity index (χ4v) is 6.49. The summed E-state index contributed by atoms with van der Waals surface area (Å²) < 4.78 is 8.23. The Bertz CT molecular complexity index is 1540. The number of nitrogens with one attached hydrogen (secondary N) is 1. The smallest absolute Gasteiger partial charge is 0.337 e. The van der Waals surface area contributed by atoms with Crippen LogP contribution in [-0.4, -0.2) is 31.8 Å². The van der Waals surface area contributed by atoms with Crippen molar-refractivity contribution < 1.29 is 14.6 Å². The predicted octanol–water partition coefficient (Wildman–Crippen LogP) is 6.69. The summed E-state index contributed by atoms with van der Waals surface area (Å²) >= 11 is 5.93. The van der Waals surface area contributed by atoms with Crippen LogP contribution in [0.15, 0.2) is 79.0 Å². The van der Waals surface area contributed by atoms with Crippen molar-refractivity contribution in [3.63, 3.8) is 0 Å². The van der Waals surface area contributed by atoms with Crippen LogP contribution in [-0.2, 0) is 0 Å². The van der Waals surface area contributed by atoms with Gasteiger partial charge in [-0.2, -0.15) is 0 Å². The second-order valence-corrected chi connectivity index (χ2v) is 10.9. The first-order valence-electron chi connectivity index (χ1n) is 13.7. The Morgan fingerprint density at radius 1 is 1.02 bits per heavy atom. The van der Waals surface area contributed by atoms with Crippen molar-refractivity contribution in [1.29, 1.82) is 0 Å². The first-order valence-corrected chi connectivity index (χ1v) is 14.1. The number of carboxylic acid groups (broad SMARTS) is 1. The largest absolute Gasteiger partial charge is 0.490 e. The minimum atomic E-state index is -0.957. The van der Waals surface area contributed by atoms with E-state index in [9.17, 15) is 9.90 Å². The Morgan fingerprint density at radius 3 is 2.45 bits per heavy atom. The van der Waals surface area contributed by atoms with E-state index >= 15 is 0 Å². The van der Waals surface area contributed by atoms with E-state index in [0.717, 1.165) is 46.9 Å². The minimum Gasteiger partial charge on any atom is -0.490 e. The van der Waals surface area contributed by atoms with E-state index in [1.165, 1.54) is 12.8 Å². The number of ether oxygens (including phenoxy) is 1. The molecule has 2 N–H and O–H groups in total. The molecule has 0 amide bonds. The Morgan fingerprint density at radius 2 is 1.75 bits per heavy atom. The Hall–Kier alpha value is -4.17. The monoisotopic (exact) mass is 552 g/mol. The Kier molecular flexibility index (Phi) is 7.02. The molecule has 2 aliphatic rings. The Labute approximate surface area is 239 Å². The molecule has 1 saturated heterocycles. The molecule has 6 rings (SSSR count). The average Bonchev–Trinajstić information content (AvgIpc) is 3.67. The number of pyridine rings is 1. The van der Waals surface area contributed by atoms with E-state index in [-0.39, 0.29) is 17.6 Å². The quantitative estimate of drug-likeness (QED) is 0.247. The summed E-state index contributed by atoms with van der Waals surface area (Å²) in [5, 5.41) is 14.0. The molecule has 0 spiro atoms. The highest BCUT2D eigenvalue weighted by molar-refractivity contribution is 7.80. The first kappa shape index (κ1) is 26.1. The molecule has 2 atom stereocenters. The van der Waals surface area contributed by atoms with E-state index < -0.39 is 5.97 Å². The van der Waals surface area contributed by atoms with Crippen LogP contribution in [0.3, 0.4) is 0 Å². The van der Waals surface area contributed by atoms with E-state index in [1.54, 1.807) is 18.3 Å². The lowest BCUT2D eigenvalue weighted by atomic mass is 9.96. The number of thiocarbonyl (C=S) groups is 1. The van der Waals surface area contributed by atoms with Crippen molar-refractivity contribution in [2.75, 3.05) is 4.90 Å². The van der Waals surface area contributed by atoms with Gasteiger partial charge in [-0.15, -0.1) is 0 Å². The minimum absolute atomic E-state index is 0.202. The van der Waals surface area contributed by atoms with Crippen LogP contribution in [0, 0.1) is 13.8 Å². The van der Waals surface area contributed by atoms with Crippen LogP contribution in [0.4, 0.5) is 5.69 Å². The summed E-state index contributed by atoms with van der Waals surface area (Å²) in [7, 11) is 0. The summed E-state index contributed by atoms with van der Waals surface area (Å²) in [5.41, 5.74) is 5.68. The van der Waals surface area contributed by atoms with Crippen molar-refractivity contribution in [2.24, 2.45) is 0 Å². The normalized spacial score (nSPS) is 19.1. The van der Waals surface area contributed by atoms with Gasteiger partial charge in [0, 0.05) is 23.3 Å². The molecule has 3 heterocycles. The van der Waals surface area contributed by atoms with Crippen LogP contribution >= 0.6 is 12.2 Å². The number of carboxylic acids is 1. The maximum Gasteiger partial charge on any atom is 0.337 e. The van der Waals surface area contributed by atoms with Gasteiger partial charge in [0.15, 0.2) is 5.11 Å². The van der Waals surface area contributed by atoms with Gasteiger partial charge in [-0.25, -0.2) is 4.79 Å². The van der Waals surface area contributed by atoms with Crippen LogP contribution in [0.2, 0.25) is 0 Å². The van der Waals surface area contributed by atoms with Gasteiger partial charge >= 0.3 is 5.97 Å². The molecule has 40 heavy (non-hydrogen) atoms.